The van der Waals surface area contributed by atoms with E-state index in [0.717, 1.165) is 5.56 Å². The second kappa shape index (κ2) is 8.27. The second-order valence-electron chi connectivity index (χ2n) is 5.25. The minimum Gasteiger partial charge on any atom is -0.341 e. The smallest absolute Gasteiger partial charge is 0.233 e. The first-order chi connectivity index (χ1) is 11.0. The van der Waals surface area contributed by atoms with E-state index in [2.05, 4.69) is 0 Å². The van der Waals surface area contributed by atoms with Crippen LogP contribution in [0.1, 0.15) is 31.2 Å². The molecule has 23 heavy (non-hydrogen) atoms. The highest BCUT2D eigenvalue weighted by molar-refractivity contribution is 8.00. The number of halogens is 2. The van der Waals surface area contributed by atoms with Gasteiger partial charge in [0.2, 0.25) is 11.8 Å². The van der Waals surface area contributed by atoms with Crippen molar-refractivity contribution in [1.29, 1.82) is 0 Å². The Kier molecular flexibility index (Phi) is 6.62. The van der Waals surface area contributed by atoms with Gasteiger partial charge in [-0.05, 0) is 24.6 Å². The van der Waals surface area contributed by atoms with Crippen LogP contribution >= 0.6 is 35.0 Å². The minimum absolute atomic E-state index is 0.0762. The zero-order valence-electron chi connectivity index (χ0n) is 13.2. The molecule has 2 rings (SSSR count). The second-order valence-corrected chi connectivity index (χ2v) is 7.13. The van der Waals surface area contributed by atoms with Crippen molar-refractivity contribution in [2.75, 3.05) is 25.4 Å². The molecule has 1 aromatic rings. The van der Waals surface area contributed by atoms with E-state index < -0.39 is 0 Å². The average molecular weight is 375 g/mol. The van der Waals surface area contributed by atoms with Gasteiger partial charge >= 0.3 is 0 Å². The largest absolute Gasteiger partial charge is 0.341 e. The van der Waals surface area contributed by atoms with Crippen LogP contribution < -0.4 is 0 Å². The number of amides is 2. The van der Waals surface area contributed by atoms with Crippen LogP contribution in [0, 0.1) is 0 Å². The Morgan fingerprint density at radius 1 is 1.35 bits per heavy atom. The van der Waals surface area contributed by atoms with Gasteiger partial charge in [-0.1, -0.05) is 36.2 Å². The highest BCUT2D eigenvalue weighted by Crippen LogP contribution is 2.40. The molecular weight excluding hydrogens is 355 g/mol. The summed E-state index contributed by atoms with van der Waals surface area (Å²) in [5.41, 5.74) is 0.958. The van der Waals surface area contributed by atoms with Gasteiger partial charge in [0.25, 0.3) is 0 Å². The van der Waals surface area contributed by atoms with E-state index in [0.29, 0.717) is 41.9 Å². The molecule has 0 spiro atoms. The summed E-state index contributed by atoms with van der Waals surface area (Å²) in [7, 11) is 0. The minimum atomic E-state index is -0.0762. The lowest BCUT2D eigenvalue weighted by molar-refractivity contribution is -0.133. The molecule has 0 radical (unpaired) electrons. The zero-order chi connectivity index (χ0) is 17.0. The van der Waals surface area contributed by atoms with Crippen molar-refractivity contribution < 1.29 is 9.59 Å². The Bertz CT molecular complexity index is 597. The van der Waals surface area contributed by atoms with Crippen LogP contribution in [-0.4, -0.2) is 47.0 Å². The number of carbonyl (C=O) groups is 2. The van der Waals surface area contributed by atoms with E-state index in [1.165, 1.54) is 0 Å². The molecule has 0 aromatic heterocycles. The van der Waals surface area contributed by atoms with Crippen LogP contribution in [0.3, 0.4) is 0 Å². The summed E-state index contributed by atoms with van der Waals surface area (Å²) in [6.45, 7) is 5.52. The van der Waals surface area contributed by atoms with Crippen molar-refractivity contribution in [2.45, 2.75) is 25.6 Å². The van der Waals surface area contributed by atoms with E-state index in [9.17, 15) is 9.59 Å². The molecule has 1 aliphatic rings. The quantitative estimate of drug-likeness (QED) is 0.759. The molecule has 1 aromatic carbocycles. The number of nitrogens with zero attached hydrogens (tertiary/aromatic N) is 2. The van der Waals surface area contributed by atoms with Gasteiger partial charge in [0.1, 0.15) is 5.37 Å². The lowest BCUT2D eigenvalue weighted by Gasteiger charge is -2.28. The first-order valence-corrected chi connectivity index (χ1v) is 9.42. The molecule has 126 valence electrons. The molecule has 1 saturated heterocycles. The maximum absolute atomic E-state index is 12.2. The Balaban J connectivity index is 2.10. The maximum atomic E-state index is 12.2. The first-order valence-electron chi connectivity index (χ1n) is 7.61. The molecule has 0 N–H and O–H groups in total. The van der Waals surface area contributed by atoms with Crippen molar-refractivity contribution in [3.63, 3.8) is 0 Å². The predicted molar refractivity (Wildman–Crippen MR) is 95.9 cm³/mol. The number of rotatable bonds is 6. The van der Waals surface area contributed by atoms with E-state index >= 15 is 0 Å². The van der Waals surface area contributed by atoms with Gasteiger partial charge in [-0.15, -0.1) is 11.8 Å². The van der Waals surface area contributed by atoms with E-state index in [1.807, 2.05) is 30.9 Å². The Hall–Kier alpha value is -0.910. The highest BCUT2D eigenvalue weighted by Gasteiger charge is 2.33. The molecule has 2 amide bonds. The maximum Gasteiger partial charge on any atom is 0.233 e. The van der Waals surface area contributed by atoms with Crippen LogP contribution in [-0.2, 0) is 9.59 Å². The predicted octanol–water partition coefficient (Wildman–Crippen LogP) is 3.83. The lowest BCUT2D eigenvalue weighted by atomic mass is 10.2. The number of hydrogen-bond donors (Lipinski definition) is 0. The molecule has 0 saturated carbocycles. The molecule has 1 atom stereocenters. The van der Waals surface area contributed by atoms with E-state index in [1.54, 1.807) is 22.7 Å². The summed E-state index contributed by atoms with van der Waals surface area (Å²) in [4.78, 5) is 27.6. The first kappa shape index (κ1) is 18.4. The number of hydrogen-bond acceptors (Lipinski definition) is 3. The fourth-order valence-corrected chi connectivity index (χ4v) is 4.06. The fraction of sp³-hybridized carbons (Fsp3) is 0.500. The monoisotopic (exact) mass is 374 g/mol. The highest BCUT2D eigenvalue weighted by atomic mass is 35.5. The van der Waals surface area contributed by atoms with Gasteiger partial charge < -0.3 is 9.80 Å². The van der Waals surface area contributed by atoms with Crippen LogP contribution in [0.4, 0.5) is 0 Å². The molecule has 1 unspecified atom stereocenters. The summed E-state index contributed by atoms with van der Waals surface area (Å²) in [6.07, 6.45) is 0.479. The standard InChI is InChI=1S/C16H20Cl2N2O2S/c1-3-14(21)19(4-2)7-8-20-15(22)10-23-16(20)11-5-6-12(17)13(18)9-11/h5-6,9,16H,3-4,7-8,10H2,1-2H3. The van der Waals surface area contributed by atoms with E-state index in [-0.39, 0.29) is 17.2 Å². The molecule has 4 nitrogen and oxygen atoms in total. The normalized spacial score (nSPS) is 17.7. The molecule has 0 aliphatic carbocycles. The summed E-state index contributed by atoms with van der Waals surface area (Å²) in [6, 6.07) is 5.45. The lowest BCUT2D eigenvalue weighted by Crippen LogP contribution is -2.39. The summed E-state index contributed by atoms with van der Waals surface area (Å²) < 4.78 is 0. The number of thioether (sulfide) groups is 1. The molecule has 1 fully saturated rings. The van der Waals surface area contributed by atoms with Gasteiger partial charge in [0, 0.05) is 26.1 Å². The molecule has 7 heteroatoms. The topological polar surface area (TPSA) is 40.6 Å². The van der Waals surface area contributed by atoms with Crippen molar-refractivity contribution in [3.05, 3.63) is 33.8 Å². The van der Waals surface area contributed by atoms with Gasteiger partial charge in [-0.3, -0.25) is 9.59 Å². The van der Waals surface area contributed by atoms with Gasteiger partial charge in [-0.25, -0.2) is 0 Å². The van der Waals surface area contributed by atoms with Crippen LogP contribution in [0.5, 0.6) is 0 Å². The number of benzene rings is 1. The van der Waals surface area contributed by atoms with Crippen molar-refractivity contribution in [2.24, 2.45) is 0 Å². The Morgan fingerprint density at radius 2 is 2.09 bits per heavy atom. The molecular formula is C16H20Cl2N2O2S. The van der Waals surface area contributed by atoms with Crippen LogP contribution in [0.2, 0.25) is 10.0 Å². The number of likely N-dealkylation sites (N-methyl/N-ethyl adjacent to an activating group) is 1. The fourth-order valence-electron chi connectivity index (χ4n) is 2.55. The SMILES string of the molecule is CCC(=O)N(CC)CCN1C(=O)CSC1c1ccc(Cl)c(Cl)c1. The summed E-state index contributed by atoms with van der Waals surface area (Å²) >= 11 is 13.6. The van der Waals surface area contributed by atoms with Crippen molar-refractivity contribution in [1.82, 2.24) is 9.80 Å². The van der Waals surface area contributed by atoms with Crippen LogP contribution in [0.25, 0.3) is 0 Å². The van der Waals surface area contributed by atoms with Crippen LogP contribution in [0.15, 0.2) is 18.2 Å². The van der Waals surface area contributed by atoms with Crippen molar-refractivity contribution >= 4 is 46.8 Å². The van der Waals surface area contributed by atoms with Gasteiger partial charge in [0.15, 0.2) is 0 Å². The Labute approximate surface area is 151 Å². The average Bonchev–Trinajstić information content (AvgIpc) is 2.91. The zero-order valence-corrected chi connectivity index (χ0v) is 15.5. The third-order valence-corrected chi connectivity index (χ3v) is 5.84. The summed E-state index contributed by atoms with van der Waals surface area (Å²) in [5.74, 6) is 0.641. The Morgan fingerprint density at radius 3 is 2.70 bits per heavy atom. The van der Waals surface area contributed by atoms with Crippen molar-refractivity contribution in [3.8, 4) is 0 Å². The third kappa shape index (κ3) is 4.34. The summed E-state index contributed by atoms with van der Waals surface area (Å²) in [5, 5.41) is 0.912. The molecule has 0 bridgehead atoms. The van der Waals surface area contributed by atoms with E-state index in [4.69, 9.17) is 23.2 Å². The van der Waals surface area contributed by atoms with Gasteiger partial charge in [0.05, 0.1) is 15.8 Å². The number of carbonyl (C=O) groups excluding carboxylic acids is 2. The van der Waals surface area contributed by atoms with Gasteiger partial charge in [-0.2, -0.15) is 0 Å². The third-order valence-electron chi connectivity index (χ3n) is 3.84. The molecule has 1 aliphatic heterocycles. The molecule has 1 heterocycles.